The van der Waals surface area contributed by atoms with Gasteiger partial charge in [-0.2, -0.15) is 0 Å². The van der Waals surface area contributed by atoms with E-state index in [0.717, 1.165) is 21.3 Å². The van der Waals surface area contributed by atoms with Crippen molar-refractivity contribution in [2.45, 2.75) is 26.4 Å². The Morgan fingerprint density at radius 2 is 1.38 bits per heavy atom. The van der Waals surface area contributed by atoms with Gasteiger partial charge >= 0.3 is 25.7 Å². The first kappa shape index (κ1) is 22.5. The molecule has 0 fully saturated rings. The van der Waals surface area contributed by atoms with E-state index in [1.165, 1.54) is 13.8 Å². The summed E-state index contributed by atoms with van der Waals surface area (Å²) in [5.74, 6) is -4.25. The van der Waals surface area contributed by atoms with E-state index in [4.69, 9.17) is 13.6 Å². The van der Waals surface area contributed by atoms with Crippen molar-refractivity contribution < 1.29 is 46.7 Å². The molecule has 2 atom stereocenters. The van der Waals surface area contributed by atoms with Crippen LogP contribution in [0.15, 0.2) is 0 Å². The minimum absolute atomic E-state index is 0.0366. The first-order chi connectivity index (χ1) is 11.3. The van der Waals surface area contributed by atoms with Crippen molar-refractivity contribution in [1.29, 1.82) is 0 Å². The molecule has 0 aliphatic carbocycles. The van der Waals surface area contributed by atoms with Crippen LogP contribution >= 0.6 is 7.82 Å². The highest BCUT2D eigenvalue weighted by atomic mass is 31.2. The maximum Gasteiger partial charge on any atom is 0.475 e. The number of hydrogen-bond acceptors (Lipinski definition) is 10. The van der Waals surface area contributed by atoms with E-state index in [9.17, 15) is 18.9 Å². The molecule has 0 amide bonds. The maximum absolute atomic E-state index is 12.5. The summed E-state index contributed by atoms with van der Waals surface area (Å²) >= 11 is 0. The maximum atomic E-state index is 12.5. The van der Waals surface area contributed by atoms with E-state index in [1.54, 1.807) is 0 Å². The largest absolute Gasteiger partial charge is 0.475 e. The van der Waals surface area contributed by atoms with Crippen LogP contribution in [0.5, 0.6) is 0 Å². The van der Waals surface area contributed by atoms with Gasteiger partial charge in [-0.1, -0.05) is 0 Å². The van der Waals surface area contributed by atoms with Crippen molar-refractivity contribution in [3.8, 4) is 0 Å². The predicted octanol–water partition coefficient (Wildman–Crippen LogP) is 1.08. The molecule has 140 valence electrons. The van der Waals surface area contributed by atoms with Crippen LogP contribution in [0.4, 0.5) is 0 Å². The van der Waals surface area contributed by atoms with Gasteiger partial charge in [0.25, 0.3) is 0 Å². The van der Waals surface area contributed by atoms with Gasteiger partial charge in [0.15, 0.2) is 6.10 Å². The van der Waals surface area contributed by atoms with Crippen molar-refractivity contribution in [3.05, 3.63) is 0 Å². The fourth-order valence-electron chi connectivity index (χ4n) is 1.68. The number of methoxy groups -OCH3 is 3. The lowest BCUT2D eigenvalue weighted by atomic mass is 9.99. The molecule has 0 aliphatic heterocycles. The SMILES string of the molecule is CCOP(=O)(OCC)OC(C(=O)OC)C(CC(=O)OC)C(=O)OC. The van der Waals surface area contributed by atoms with Crippen molar-refractivity contribution in [2.75, 3.05) is 34.5 Å². The Morgan fingerprint density at radius 1 is 0.875 bits per heavy atom. The highest BCUT2D eigenvalue weighted by Gasteiger charge is 2.44. The zero-order valence-corrected chi connectivity index (χ0v) is 15.2. The highest BCUT2D eigenvalue weighted by molar-refractivity contribution is 7.48. The van der Waals surface area contributed by atoms with Crippen LogP contribution in [-0.2, 0) is 46.7 Å². The zero-order valence-electron chi connectivity index (χ0n) is 14.3. The van der Waals surface area contributed by atoms with Crippen molar-refractivity contribution >= 4 is 25.7 Å². The van der Waals surface area contributed by atoms with E-state index in [0.29, 0.717) is 0 Å². The molecule has 0 N–H and O–H groups in total. The monoisotopic (exact) mass is 370 g/mol. The zero-order chi connectivity index (χ0) is 18.8. The van der Waals surface area contributed by atoms with Crippen LogP contribution in [0.3, 0.4) is 0 Å². The van der Waals surface area contributed by atoms with Gasteiger partial charge in [-0.3, -0.25) is 23.2 Å². The van der Waals surface area contributed by atoms with E-state index in [2.05, 4.69) is 14.2 Å². The lowest BCUT2D eigenvalue weighted by Crippen LogP contribution is -2.40. The van der Waals surface area contributed by atoms with E-state index < -0.39 is 44.2 Å². The third kappa shape index (κ3) is 6.96. The van der Waals surface area contributed by atoms with Gasteiger partial charge in [0.05, 0.1) is 41.0 Å². The molecule has 0 saturated carbocycles. The molecule has 11 heteroatoms. The van der Waals surface area contributed by atoms with Crippen LogP contribution in [0.2, 0.25) is 0 Å². The second kappa shape index (κ2) is 11.1. The Kier molecular flexibility index (Phi) is 10.5. The topological polar surface area (TPSA) is 124 Å². The quantitative estimate of drug-likeness (QED) is 0.296. The minimum atomic E-state index is -4.16. The number of rotatable bonds is 11. The summed E-state index contributed by atoms with van der Waals surface area (Å²) in [6, 6.07) is 0. The number of phosphoric acid groups is 1. The van der Waals surface area contributed by atoms with Gasteiger partial charge in [0, 0.05) is 0 Å². The van der Waals surface area contributed by atoms with Crippen LogP contribution < -0.4 is 0 Å². The Balaban J connectivity index is 5.66. The van der Waals surface area contributed by atoms with Crippen LogP contribution in [-0.4, -0.2) is 58.6 Å². The van der Waals surface area contributed by atoms with E-state index >= 15 is 0 Å². The summed E-state index contributed by atoms with van der Waals surface area (Å²) in [5.41, 5.74) is 0. The molecular weight excluding hydrogens is 347 g/mol. The second-order valence-electron chi connectivity index (χ2n) is 4.24. The summed E-state index contributed by atoms with van der Waals surface area (Å²) in [7, 11) is -0.952. The van der Waals surface area contributed by atoms with Crippen molar-refractivity contribution in [3.63, 3.8) is 0 Å². The molecule has 0 aromatic carbocycles. The normalized spacial score (nSPS) is 13.7. The molecule has 0 bridgehead atoms. The predicted molar refractivity (Wildman–Crippen MR) is 79.9 cm³/mol. The molecule has 0 rings (SSSR count). The first-order valence-electron chi connectivity index (χ1n) is 7.08. The number of phosphoric ester groups is 1. The fraction of sp³-hybridized carbons (Fsp3) is 0.769. The third-order valence-corrected chi connectivity index (χ3v) is 4.37. The summed E-state index contributed by atoms with van der Waals surface area (Å²) in [4.78, 5) is 35.4. The van der Waals surface area contributed by atoms with Crippen molar-refractivity contribution in [1.82, 2.24) is 0 Å². The summed E-state index contributed by atoms with van der Waals surface area (Å²) < 4.78 is 41.0. The minimum Gasteiger partial charge on any atom is -0.469 e. The number of ether oxygens (including phenoxy) is 3. The van der Waals surface area contributed by atoms with Gasteiger partial charge in [-0.15, -0.1) is 0 Å². The average molecular weight is 370 g/mol. The van der Waals surface area contributed by atoms with Crippen molar-refractivity contribution in [2.24, 2.45) is 5.92 Å². The Morgan fingerprint density at radius 3 is 1.75 bits per heavy atom. The average Bonchev–Trinajstić information content (AvgIpc) is 2.56. The third-order valence-electron chi connectivity index (χ3n) is 2.73. The summed E-state index contributed by atoms with van der Waals surface area (Å²) in [5, 5.41) is 0. The second-order valence-corrected chi connectivity index (χ2v) is 5.86. The number of esters is 3. The van der Waals surface area contributed by atoms with Gasteiger partial charge in [-0.25, -0.2) is 9.36 Å². The molecule has 0 heterocycles. The molecule has 0 saturated heterocycles. The van der Waals surface area contributed by atoms with Crippen LogP contribution in [0.25, 0.3) is 0 Å². The molecule has 0 aromatic rings. The Labute approximate surface area is 140 Å². The summed E-state index contributed by atoms with van der Waals surface area (Å²) in [6.07, 6.45) is -2.30. The van der Waals surface area contributed by atoms with Crippen LogP contribution in [0, 0.1) is 5.92 Å². The van der Waals surface area contributed by atoms with Crippen LogP contribution in [0.1, 0.15) is 20.3 Å². The van der Waals surface area contributed by atoms with Gasteiger partial charge < -0.3 is 14.2 Å². The lowest BCUT2D eigenvalue weighted by molar-refractivity contribution is -0.165. The fourth-order valence-corrected chi connectivity index (χ4v) is 3.02. The molecule has 0 spiro atoms. The molecular formula is C13H23O10P. The molecule has 0 aliphatic rings. The molecule has 10 nitrogen and oxygen atoms in total. The first-order valence-corrected chi connectivity index (χ1v) is 8.54. The molecule has 2 unspecified atom stereocenters. The highest BCUT2D eigenvalue weighted by Crippen LogP contribution is 2.51. The van der Waals surface area contributed by atoms with Gasteiger partial charge in [0.2, 0.25) is 0 Å². The smallest absolute Gasteiger partial charge is 0.469 e. The molecule has 24 heavy (non-hydrogen) atoms. The van der Waals surface area contributed by atoms with E-state index in [-0.39, 0.29) is 13.2 Å². The summed E-state index contributed by atoms with van der Waals surface area (Å²) in [6.45, 7) is 3.00. The Hall–Kier alpha value is -1.48. The molecule has 0 radical (unpaired) electrons. The Bertz CT molecular complexity index is 467. The number of carbonyl (C=O) groups is 3. The standard InChI is InChI=1S/C13H23O10P/c1-6-21-24(17,22-7-2)23-11(13(16)20-5)9(12(15)19-4)8-10(14)18-3/h9,11H,6-8H2,1-5H3. The van der Waals surface area contributed by atoms with E-state index in [1.807, 2.05) is 0 Å². The number of carbonyl (C=O) groups excluding carboxylic acids is 3. The number of hydrogen-bond donors (Lipinski definition) is 0. The lowest BCUT2D eigenvalue weighted by Gasteiger charge is -2.26. The van der Waals surface area contributed by atoms with Gasteiger partial charge in [0.1, 0.15) is 5.92 Å². The molecule has 0 aromatic heterocycles. The van der Waals surface area contributed by atoms with Gasteiger partial charge in [-0.05, 0) is 13.8 Å².